The third kappa shape index (κ3) is 3.31. The average molecular weight is 290 g/mol. The number of hydrogen-bond acceptors (Lipinski definition) is 4. The monoisotopic (exact) mass is 290 g/mol. The Balaban J connectivity index is 1.65. The number of rotatable bonds is 4. The van der Waals surface area contributed by atoms with E-state index in [2.05, 4.69) is 23.2 Å². The van der Waals surface area contributed by atoms with Gasteiger partial charge in [0.2, 0.25) is 0 Å². The van der Waals surface area contributed by atoms with E-state index < -0.39 is 0 Å². The fraction of sp³-hybridized carbons (Fsp3) is 0.400. The van der Waals surface area contributed by atoms with Crippen LogP contribution in [0.3, 0.4) is 0 Å². The molecule has 0 amide bonds. The molecule has 1 aliphatic rings. The Morgan fingerprint density at radius 3 is 2.95 bits per heavy atom. The normalized spacial score (nSPS) is 16.0. The zero-order valence-electron chi connectivity index (χ0n) is 10.8. The van der Waals surface area contributed by atoms with Crippen molar-refractivity contribution < 1.29 is 0 Å². The highest BCUT2D eigenvalue weighted by Crippen LogP contribution is 2.33. The van der Waals surface area contributed by atoms with Gasteiger partial charge in [-0.3, -0.25) is 0 Å². The number of nitrogen functional groups attached to an aromatic ring is 1. The molecule has 2 N–H and O–H groups in total. The van der Waals surface area contributed by atoms with E-state index in [0.717, 1.165) is 27.9 Å². The third-order valence-electron chi connectivity index (χ3n) is 3.48. The van der Waals surface area contributed by atoms with Crippen molar-refractivity contribution in [2.75, 3.05) is 5.73 Å². The van der Waals surface area contributed by atoms with Crippen molar-refractivity contribution in [3.63, 3.8) is 0 Å². The number of benzene rings is 1. The smallest absolute Gasteiger partial charge is 0.103 e. The van der Waals surface area contributed by atoms with Crippen LogP contribution in [0.25, 0.3) is 11.3 Å². The first-order valence-corrected chi connectivity index (χ1v) is 8.66. The quantitative estimate of drug-likeness (QED) is 0.838. The summed E-state index contributed by atoms with van der Waals surface area (Å²) in [4.78, 5) is 4.72. The van der Waals surface area contributed by atoms with Crippen molar-refractivity contribution in [3.8, 4) is 11.3 Å². The molecule has 1 aromatic carbocycles. The Bertz CT molecular complexity index is 545. The summed E-state index contributed by atoms with van der Waals surface area (Å²) in [6.07, 6.45) is 5.59. The standard InChI is InChI=1S/C15H18N2S2/c16-12-5-3-4-11(8-12)14-9-19-15(17-14)10-18-13-6-1-2-7-13/h3-5,8-9,13H,1-2,6-7,10,16H2. The summed E-state index contributed by atoms with van der Waals surface area (Å²) in [5, 5.41) is 4.23. The van der Waals surface area contributed by atoms with Gasteiger partial charge in [0.05, 0.1) is 5.69 Å². The van der Waals surface area contributed by atoms with Crippen LogP contribution in [0.1, 0.15) is 30.7 Å². The molecule has 19 heavy (non-hydrogen) atoms. The molecule has 2 nitrogen and oxygen atoms in total. The van der Waals surface area contributed by atoms with Crippen LogP contribution >= 0.6 is 23.1 Å². The van der Waals surface area contributed by atoms with Crippen LogP contribution < -0.4 is 5.73 Å². The molecule has 0 saturated heterocycles. The van der Waals surface area contributed by atoms with E-state index in [4.69, 9.17) is 10.7 Å². The molecule has 0 atom stereocenters. The lowest BCUT2D eigenvalue weighted by molar-refractivity contribution is 0.886. The lowest BCUT2D eigenvalue weighted by Gasteiger charge is -2.05. The van der Waals surface area contributed by atoms with E-state index in [1.807, 2.05) is 18.2 Å². The number of hydrogen-bond donors (Lipinski definition) is 1. The van der Waals surface area contributed by atoms with Crippen LogP contribution in [0.5, 0.6) is 0 Å². The van der Waals surface area contributed by atoms with E-state index in [9.17, 15) is 0 Å². The molecule has 1 fully saturated rings. The molecular weight excluding hydrogens is 272 g/mol. The Labute approximate surface area is 122 Å². The molecule has 0 unspecified atom stereocenters. The predicted molar refractivity (Wildman–Crippen MR) is 85.5 cm³/mol. The number of thioether (sulfide) groups is 1. The fourth-order valence-corrected chi connectivity index (χ4v) is 4.63. The van der Waals surface area contributed by atoms with Crippen molar-refractivity contribution in [3.05, 3.63) is 34.7 Å². The van der Waals surface area contributed by atoms with Gasteiger partial charge in [0, 0.05) is 27.6 Å². The van der Waals surface area contributed by atoms with Crippen molar-refractivity contribution in [2.45, 2.75) is 36.7 Å². The maximum atomic E-state index is 5.82. The van der Waals surface area contributed by atoms with Crippen LogP contribution in [0, 0.1) is 0 Å². The van der Waals surface area contributed by atoms with E-state index in [-0.39, 0.29) is 0 Å². The number of nitrogens with two attached hydrogens (primary N) is 1. The lowest BCUT2D eigenvalue weighted by Crippen LogP contribution is -1.94. The molecule has 0 aliphatic heterocycles. The maximum Gasteiger partial charge on any atom is 0.103 e. The highest BCUT2D eigenvalue weighted by molar-refractivity contribution is 7.99. The zero-order chi connectivity index (χ0) is 13.1. The third-order valence-corrected chi connectivity index (χ3v) is 5.89. The SMILES string of the molecule is Nc1cccc(-c2csc(CSC3CCCC3)n2)c1. The largest absolute Gasteiger partial charge is 0.399 e. The zero-order valence-corrected chi connectivity index (χ0v) is 12.5. The second-order valence-corrected chi connectivity index (χ2v) is 7.20. The Kier molecular flexibility index (Phi) is 4.09. The Morgan fingerprint density at radius 1 is 1.32 bits per heavy atom. The minimum atomic E-state index is 0.799. The van der Waals surface area contributed by atoms with Gasteiger partial charge in [-0.2, -0.15) is 11.8 Å². The van der Waals surface area contributed by atoms with Crippen LogP contribution in [0.2, 0.25) is 0 Å². The van der Waals surface area contributed by atoms with Crippen LogP contribution in [-0.2, 0) is 5.75 Å². The van der Waals surface area contributed by atoms with Crippen molar-refractivity contribution in [2.24, 2.45) is 0 Å². The van der Waals surface area contributed by atoms with E-state index in [1.54, 1.807) is 11.3 Å². The van der Waals surface area contributed by atoms with E-state index >= 15 is 0 Å². The summed E-state index contributed by atoms with van der Waals surface area (Å²) in [5.74, 6) is 1.05. The molecule has 1 aromatic heterocycles. The topological polar surface area (TPSA) is 38.9 Å². The molecule has 1 saturated carbocycles. The van der Waals surface area contributed by atoms with Gasteiger partial charge < -0.3 is 5.73 Å². The van der Waals surface area contributed by atoms with Crippen LogP contribution in [-0.4, -0.2) is 10.2 Å². The first kappa shape index (κ1) is 13.0. The van der Waals surface area contributed by atoms with E-state index in [0.29, 0.717) is 0 Å². The van der Waals surface area contributed by atoms with Crippen molar-refractivity contribution >= 4 is 28.8 Å². The number of nitrogens with zero attached hydrogens (tertiary/aromatic N) is 1. The maximum absolute atomic E-state index is 5.82. The highest BCUT2D eigenvalue weighted by Gasteiger charge is 2.16. The van der Waals surface area contributed by atoms with Crippen LogP contribution in [0.15, 0.2) is 29.6 Å². The Morgan fingerprint density at radius 2 is 2.16 bits per heavy atom. The first-order chi connectivity index (χ1) is 9.31. The first-order valence-electron chi connectivity index (χ1n) is 6.73. The van der Waals surface area contributed by atoms with Gasteiger partial charge in [-0.05, 0) is 25.0 Å². The molecule has 3 rings (SSSR count). The fourth-order valence-electron chi connectivity index (χ4n) is 2.45. The van der Waals surface area contributed by atoms with Gasteiger partial charge in [0.25, 0.3) is 0 Å². The van der Waals surface area contributed by atoms with Gasteiger partial charge in [-0.1, -0.05) is 25.0 Å². The molecular formula is C15H18N2S2. The lowest BCUT2D eigenvalue weighted by atomic mass is 10.1. The second kappa shape index (κ2) is 5.97. The summed E-state index contributed by atoms with van der Waals surface area (Å²) in [7, 11) is 0. The highest BCUT2D eigenvalue weighted by atomic mass is 32.2. The summed E-state index contributed by atoms with van der Waals surface area (Å²) in [6, 6.07) is 7.95. The van der Waals surface area contributed by atoms with Crippen molar-refractivity contribution in [1.29, 1.82) is 0 Å². The number of thiazole rings is 1. The van der Waals surface area contributed by atoms with Crippen LogP contribution in [0.4, 0.5) is 5.69 Å². The van der Waals surface area contributed by atoms with E-state index in [1.165, 1.54) is 30.7 Å². The molecule has 0 radical (unpaired) electrons. The molecule has 0 spiro atoms. The second-order valence-electron chi connectivity index (χ2n) is 4.97. The molecule has 1 heterocycles. The predicted octanol–water partition coefficient (Wildman–Crippen LogP) is 4.57. The molecule has 1 aliphatic carbocycles. The summed E-state index contributed by atoms with van der Waals surface area (Å²) in [5.41, 5.74) is 8.79. The van der Waals surface area contributed by atoms with Crippen molar-refractivity contribution in [1.82, 2.24) is 4.98 Å². The molecule has 4 heteroatoms. The minimum absolute atomic E-state index is 0.799. The van der Waals surface area contributed by atoms with Gasteiger partial charge >= 0.3 is 0 Å². The molecule has 100 valence electrons. The summed E-state index contributed by atoms with van der Waals surface area (Å²) < 4.78 is 0. The number of aromatic nitrogens is 1. The minimum Gasteiger partial charge on any atom is -0.399 e. The van der Waals surface area contributed by atoms with Gasteiger partial charge in [-0.15, -0.1) is 11.3 Å². The number of anilines is 1. The summed E-state index contributed by atoms with van der Waals surface area (Å²) >= 11 is 3.83. The van der Waals surface area contributed by atoms with Gasteiger partial charge in [0.1, 0.15) is 5.01 Å². The Hall–Kier alpha value is -1.00. The van der Waals surface area contributed by atoms with Gasteiger partial charge in [0.15, 0.2) is 0 Å². The summed E-state index contributed by atoms with van der Waals surface area (Å²) in [6.45, 7) is 0. The molecule has 2 aromatic rings. The average Bonchev–Trinajstić information content (AvgIpc) is 3.08. The molecule has 0 bridgehead atoms. The van der Waals surface area contributed by atoms with Gasteiger partial charge in [-0.25, -0.2) is 4.98 Å².